The maximum atomic E-state index is 12.3. The van der Waals surface area contributed by atoms with Gasteiger partial charge in [-0.25, -0.2) is 4.98 Å². The fourth-order valence-electron chi connectivity index (χ4n) is 2.39. The average molecular weight is 360 g/mol. The molecule has 3 aromatic rings. The lowest BCUT2D eigenvalue weighted by Gasteiger charge is -2.09. The summed E-state index contributed by atoms with van der Waals surface area (Å²) in [6.07, 6.45) is 5.43. The Bertz CT molecular complexity index is 847. The summed E-state index contributed by atoms with van der Waals surface area (Å²) in [4.78, 5) is 16.3. The van der Waals surface area contributed by atoms with Gasteiger partial charge in [-0.3, -0.25) is 4.79 Å². The molecule has 24 heavy (non-hydrogen) atoms. The molecule has 0 spiro atoms. The molecule has 0 fully saturated rings. The molecule has 3 rings (SSSR count). The van der Waals surface area contributed by atoms with Crippen molar-refractivity contribution in [1.82, 2.24) is 14.9 Å². The van der Waals surface area contributed by atoms with Crippen LogP contribution in [-0.2, 0) is 13.1 Å². The molecule has 0 aliphatic carbocycles. The Morgan fingerprint density at radius 1 is 1.12 bits per heavy atom. The number of nitrogens with one attached hydrogen (secondary N) is 1. The summed E-state index contributed by atoms with van der Waals surface area (Å²) >= 11 is 12.0. The van der Waals surface area contributed by atoms with E-state index < -0.39 is 0 Å². The number of hydrogen-bond donors (Lipinski definition) is 1. The summed E-state index contributed by atoms with van der Waals surface area (Å²) in [5, 5.41) is 3.50. The van der Waals surface area contributed by atoms with Gasteiger partial charge in [0.15, 0.2) is 0 Å². The van der Waals surface area contributed by atoms with Gasteiger partial charge in [0.1, 0.15) is 0 Å². The lowest BCUT2D eigenvalue weighted by atomic mass is 10.1. The Hall–Kier alpha value is -2.30. The molecule has 1 amide bonds. The van der Waals surface area contributed by atoms with E-state index in [4.69, 9.17) is 23.2 Å². The summed E-state index contributed by atoms with van der Waals surface area (Å²) in [6.45, 7) is 1.15. The molecule has 1 heterocycles. The Morgan fingerprint density at radius 3 is 2.71 bits per heavy atom. The molecule has 122 valence electrons. The molecule has 0 unspecified atom stereocenters. The Kier molecular flexibility index (Phi) is 5.18. The van der Waals surface area contributed by atoms with Crippen molar-refractivity contribution in [3.05, 3.63) is 87.9 Å². The minimum Gasteiger partial charge on any atom is -0.348 e. The molecule has 1 N–H and O–H groups in total. The van der Waals surface area contributed by atoms with Crippen LogP contribution in [0, 0.1) is 0 Å². The van der Waals surface area contributed by atoms with Gasteiger partial charge in [-0.05, 0) is 23.3 Å². The van der Waals surface area contributed by atoms with Crippen LogP contribution >= 0.6 is 23.2 Å². The first-order chi connectivity index (χ1) is 11.6. The third-order valence-corrected chi connectivity index (χ3v) is 4.38. The molecular weight excluding hydrogens is 345 g/mol. The van der Waals surface area contributed by atoms with Crippen LogP contribution in [0.5, 0.6) is 0 Å². The predicted octanol–water partition coefficient (Wildman–Crippen LogP) is 4.17. The second-order valence-corrected chi connectivity index (χ2v) is 6.12. The SMILES string of the molecule is O=C(NCc1cccc(Cn2ccnc2)c1)c1cccc(Cl)c1Cl. The van der Waals surface area contributed by atoms with Crippen LogP contribution in [0.2, 0.25) is 10.0 Å². The quantitative estimate of drug-likeness (QED) is 0.742. The number of carbonyl (C=O) groups is 1. The zero-order chi connectivity index (χ0) is 16.9. The molecule has 0 aliphatic heterocycles. The number of aromatic nitrogens is 2. The number of halogens is 2. The van der Waals surface area contributed by atoms with Crippen molar-refractivity contribution in [2.75, 3.05) is 0 Å². The van der Waals surface area contributed by atoms with Gasteiger partial charge in [0.05, 0.1) is 21.9 Å². The van der Waals surface area contributed by atoms with Gasteiger partial charge in [-0.2, -0.15) is 0 Å². The number of benzene rings is 2. The third kappa shape index (κ3) is 3.96. The molecule has 0 aliphatic rings. The van der Waals surface area contributed by atoms with Crippen LogP contribution in [0.15, 0.2) is 61.2 Å². The van der Waals surface area contributed by atoms with E-state index in [0.717, 1.165) is 17.7 Å². The van der Waals surface area contributed by atoms with Crippen molar-refractivity contribution in [1.29, 1.82) is 0 Å². The topological polar surface area (TPSA) is 46.9 Å². The highest BCUT2D eigenvalue weighted by Crippen LogP contribution is 2.25. The highest BCUT2D eigenvalue weighted by Gasteiger charge is 2.12. The number of hydrogen-bond acceptors (Lipinski definition) is 2. The van der Waals surface area contributed by atoms with Gasteiger partial charge in [-0.1, -0.05) is 53.5 Å². The van der Waals surface area contributed by atoms with E-state index in [1.807, 2.05) is 29.0 Å². The van der Waals surface area contributed by atoms with E-state index in [-0.39, 0.29) is 10.9 Å². The second kappa shape index (κ2) is 7.51. The van der Waals surface area contributed by atoms with Crippen LogP contribution in [0.1, 0.15) is 21.5 Å². The monoisotopic (exact) mass is 359 g/mol. The molecule has 4 nitrogen and oxygen atoms in total. The van der Waals surface area contributed by atoms with Crippen LogP contribution in [0.25, 0.3) is 0 Å². The molecule has 6 heteroatoms. The van der Waals surface area contributed by atoms with Gasteiger partial charge < -0.3 is 9.88 Å². The maximum absolute atomic E-state index is 12.3. The van der Waals surface area contributed by atoms with Crippen LogP contribution in [-0.4, -0.2) is 15.5 Å². The predicted molar refractivity (Wildman–Crippen MR) is 95.4 cm³/mol. The standard InChI is InChI=1S/C18H15Cl2N3O/c19-16-6-2-5-15(17(16)20)18(24)22-10-13-3-1-4-14(9-13)11-23-8-7-21-12-23/h1-9,12H,10-11H2,(H,22,24). The lowest BCUT2D eigenvalue weighted by Crippen LogP contribution is -2.23. The number of carbonyl (C=O) groups excluding carboxylic acids is 1. The van der Waals surface area contributed by atoms with E-state index in [2.05, 4.69) is 16.4 Å². The van der Waals surface area contributed by atoms with Gasteiger partial charge in [0.2, 0.25) is 0 Å². The molecule has 0 saturated carbocycles. The first-order valence-corrected chi connectivity index (χ1v) is 8.15. The van der Waals surface area contributed by atoms with Crippen LogP contribution < -0.4 is 5.32 Å². The van der Waals surface area contributed by atoms with Gasteiger partial charge in [-0.15, -0.1) is 0 Å². The molecule has 1 aromatic heterocycles. The van der Waals surface area contributed by atoms with E-state index in [9.17, 15) is 4.79 Å². The normalized spacial score (nSPS) is 10.6. The van der Waals surface area contributed by atoms with E-state index in [0.29, 0.717) is 17.1 Å². The lowest BCUT2D eigenvalue weighted by molar-refractivity contribution is 0.0951. The van der Waals surface area contributed by atoms with Crippen molar-refractivity contribution in [3.8, 4) is 0 Å². The van der Waals surface area contributed by atoms with E-state index in [1.54, 1.807) is 30.7 Å². The largest absolute Gasteiger partial charge is 0.348 e. The Morgan fingerprint density at radius 2 is 1.92 bits per heavy atom. The summed E-state index contributed by atoms with van der Waals surface area (Å²) in [7, 11) is 0. The van der Waals surface area contributed by atoms with Crippen LogP contribution in [0.4, 0.5) is 0 Å². The molecule has 0 radical (unpaired) electrons. The van der Waals surface area contributed by atoms with Crippen molar-refractivity contribution in [3.63, 3.8) is 0 Å². The second-order valence-electron chi connectivity index (χ2n) is 5.34. The minimum atomic E-state index is -0.248. The molecule has 0 saturated heterocycles. The van der Waals surface area contributed by atoms with Gasteiger partial charge in [0, 0.05) is 25.5 Å². The summed E-state index contributed by atoms with van der Waals surface area (Å²) in [5.74, 6) is -0.248. The molecule has 2 aromatic carbocycles. The van der Waals surface area contributed by atoms with E-state index >= 15 is 0 Å². The Labute approximate surface area is 150 Å². The molecule has 0 bridgehead atoms. The summed E-state index contributed by atoms with van der Waals surface area (Å²) in [5.41, 5.74) is 2.53. The van der Waals surface area contributed by atoms with Crippen molar-refractivity contribution in [2.45, 2.75) is 13.1 Å². The number of nitrogens with zero attached hydrogens (tertiary/aromatic N) is 2. The smallest absolute Gasteiger partial charge is 0.253 e. The summed E-state index contributed by atoms with van der Waals surface area (Å²) in [6, 6.07) is 13.0. The molecule has 0 atom stereocenters. The number of imidazole rings is 1. The summed E-state index contributed by atoms with van der Waals surface area (Å²) < 4.78 is 1.99. The maximum Gasteiger partial charge on any atom is 0.253 e. The zero-order valence-corrected chi connectivity index (χ0v) is 14.3. The first kappa shape index (κ1) is 16.6. The fraction of sp³-hybridized carbons (Fsp3) is 0.111. The third-order valence-electron chi connectivity index (χ3n) is 3.57. The number of amides is 1. The minimum absolute atomic E-state index is 0.248. The molecular formula is C18H15Cl2N3O. The Balaban J connectivity index is 1.66. The highest BCUT2D eigenvalue weighted by molar-refractivity contribution is 6.43. The zero-order valence-electron chi connectivity index (χ0n) is 12.7. The van der Waals surface area contributed by atoms with Gasteiger partial charge >= 0.3 is 0 Å². The average Bonchev–Trinajstić information content (AvgIpc) is 3.08. The van der Waals surface area contributed by atoms with E-state index in [1.165, 1.54) is 0 Å². The van der Waals surface area contributed by atoms with Crippen molar-refractivity contribution in [2.24, 2.45) is 0 Å². The van der Waals surface area contributed by atoms with Gasteiger partial charge in [0.25, 0.3) is 5.91 Å². The van der Waals surface area contributed by atoms with Crippen molar-refractivity contribution < 1.29 is 4.79 Å². The van der Waals surface area contributed by atoms with Crippen molar-refractivity contribution >= 4 is 29.1 Å². The number of rotatable bonds is 5. The fourth-order valence-corrected chi connectivity index (χ4v) is 2.77. The van der Waals surface area contributed by atoms with Crippen LogP contribution in [0.3, 0.4) is 0 Å². The highest BCUT2D eigenvalue weighted by atomic mass is 35.5. The first-order valence-electron chi connectivity index (χ1n) is 7.39.